The molecule has 1 amide bonds. The molecule has 23 heavy (non-hydrogen) atoms. The molecule has 1 aliphatic heterocycles. The summed E-state index contributed by atoms with van der Waals surface area (Å²) in [6.07, 6.45) is 1.54. The lowest BCUT2D eigenvalue weighted by Gasteiger charge is -2.22. The van der Waals surface area contributed by atoms with Crippen LogP contribution in [0.5, 0.6) is 0 Å². The first-order valence-electron chi connectivity index (χ1n) is 7.38. The Morgan fingerprint density at radius 2 is 2.09 bits per heavy atom. The number of nitrogens with two attached hydrogens (primary N) is 1. The molecule has 0 spiro atoms. The van der Waals surface area contributed by atoms with Crippen molar-refractivity contribution in [3.05, 3.63) is 41.5 Å². The molecule has 1 fully saturated rings. The molecule has 0 saturated carbocycles. The first-order chi connectivity index (χ1) is 11.2. The van der Waals surface area contributed by atoms with Gasteiger partial charge in [-0.1, -0.05) is 18.2 Å². The van der Waals surface area contributed by atoms with Crippen LogP contribution >= 0.6 is 0 Å². The highest BCUT2D eigenvalue weighted by atomic mass is 16.5. The summed E-state index contributed by atoms with van der Waals surface area (Å²) in [6.45, 7) is 2.78. The van der Waals surface area contributed by atoms with Gasteiger partial charge in [-0.3, -0.25) is 9.69 Å². The normalized spacial score (nSPS) is 15.4. The van der Waals surface area contributed by atoms with Crippen molar-refractivity contribution in [2.75, 3.05) is 31.2 Å². The number of nitriles is 1. The standard InChI is InChI=1S/C17H16N4O2/c18-11-14(16(19)22)10-13-9-12-3-1-2-4-15(12)20-17(13)21-5-7-23-8-6-21/h1-4,9-10H,5-8H2,(H2,19,22)/p+1/b14-10+. The van der Waals surface area contributed by atoms with Gasteiger partial charge in [0.2, 0.25) is 0 Å². The highest BCUT2D eigenvalue weighted by Gasteiger charge is 2.23. The number of nitrogens with one attached hydrogen (secondary N) is 1. The predicted octanol–water partition coefficient (Wildman–Crippen LogP) is 0.883. The number of rotatable bonds is 3. The zero-order chi connectivity index (χ0) is 16.2. The summed E-state index contributed by atoms with van der Waals surface area (Å²) in [5.41, 5.74) is 6.95. The molecule has 1 aromatic heterocycles. The maximum absolute atomic E-state index is 11.4. The Hall–Kier alpha value is -2.91. The van der Waals surface area contributed by atoms with E-state index in [-0.39, 0.29) is 5.57 Å². The third kappa shape index (κ3) is 3.15. The minimum atomic E-state index is -0.728. The zero-order valence-corrected chi connectivity index (χ0v) is 12.6. The van der Waals surface area contributed by atoms with E-state index in [4.69, 9.17) is 15.7 Å². The number of hydrogen-bond donors (Lipinski definition) is 1. The number of para-hydroxylation sites is 1. The fraction of sp³-hybridized carbons (Fsp3) is 0.235. The van der Waals surface area contributed by atoms with Crippen LogP contribution in [0.4, 0.5) is 5.82 Å². The lowest BCUT2D eigenvalue weighted by Crippen LogP contribution is -2.40. The number of anilines is 1. The molecule has 0 radical (unpaired) electrons. The van der Waals surface area contributed by atoms with Crippen LogP contribution in [-0.4, -0.2) is 32.2 Å². The van der Waals surface area contributed by atoms with E-state index in [2.05, 4.69) is 9.88 Å². The summed E-state index contributed by atoms with van der Waals surface area (Å²) in [4.78, 5) is 16.9. The molecule has 2 heterocycles. The molecule has 0 aliphatic carbocycles. The van der Waals surface area contributed by atoms with Crippen molar-refractivity contribution in [1.29, 1.82) is 5.26 Å². The van der Waals surface area contributed by atoms with Crippen LogP contribution in [0.3, 0.4) is 0 Å². The lowest BCUT2D eigenvalue weighted by atomic mass is 10.1. The molecular formula is C17H17N4O2+. The molecule has 2 aromatic rings. The molecule has 3 rings (SSSR count). The van der Waals surface area contributed by atoms with Crippen LogP contribution in [0.25, 0.3) is 17.0 Å². The van der Waals surface area contributed by atoms with Gasteiger partial charge in [0.25, 0.3) is 11.7 Å². The summed E-state index contributed by atoms with van der Waals surface area (Å²) in [5, 5.41) is 10.1. The van der Waals surface area contributed by atoms with E-state index in [1.165, 1.54) is 6.08 Å². The van der Waals surface area contributed by atoms with Gasteiger partial charge in [-0.25, -0.2) is 4.98 Å². The smallest absolute Gasteiger partial charge is 0.282 e. The van der Waals surface area contributed by atoms with E-state index in [9.17, 15) is 4.79 Å². The van der Waals surface area contributed by atoms with Gasteiger partial charge in [-0.05, 0) is 18.2 Å². The molecular weight excluding hydrogens is 292 g/mol. The molecule has 0 bridgehead atoms. The van der Waals surface area contributed by atoms with E-state index < -0.39 is 5.91 Å². The molecule has 1 aliphatic rings. The number of nitrogens with zero attached hydrogens (tertiary/aromatic N) is 2. The quantitative estimate of drug-likeness (QED) is 0.673. The highest BCUT2D eigenvalue weighted by molar-refractivity contribution is 6.01. The number of pyridine rings is 1. The number of carbonyl (C=O) groups excluding carboxylic acids is 1. The number of hydrogen-bond acceptors (Lipinski definition) is 4. The largest absolute Gasteiger partial charge is 0.373 e. The van der Waals surface area contributed by atoms with Crippen molar-refractivity contribution in [2.24, 2.45) is 5.73 Å². The molecule has 0 atom stereocenters. The Labute approximate surface area is 133 Å². The van der Waals surface area contributed by atoms with Gasteiger partial charge < -0.3 is 10.5 Å². The van der Waals surface area contributed by atoms with Crippen molar-refractivity contribution in [3.8, 4) is 6.07 Å². The number of aromatic amines is 1. The van der Waals surface area contributed by atoms with Crippen molar-refractivity contribution in [3.63, 3.8) is 0 Å². The van der Waals surface area contributed by atoms with Gasteiger partial charge >= 0.3 is 0 Å². The number of fused-ring (bicyclic) bond motifs is 1. The Morgan fingerprint density at radius 3 is 2.78 bits per heavy atom. The number of H-pyrrole nitrogens is 1. The summed E-state index contributed by atoms with van der Waals surface area (Å²) >= 11 is 0. The lowest BCUT2D eigenvalue weighted by molar-refractivity contribution is -0.331. The fourth-order valence-corrected chi connectivity index (χ4v) is 2.64. The van der Waals surface area contributed by atoms with Crippen molar-refractivity contribution >= 4 is 28.7 Å². The second-order valence-electron chi connectivity index (χ2n) is 5.29. The molecule has 1 aromatic carbocycles. The van der Waals surface area contributed by atoms with E-state index >= 15 is 0 Å². The Kier molecular flexibility index (Phi) is 4.22. The van der Waals surface area contributed by atoms with Gasteiger partial charge in [0.1, 0.15) is 30.2 Å². The zero-order valence-electron chi connectivity index (χ0n) is 12.6. The maximum atomic E-state index is 11.4. The summed E-state index contributed by atoms with van der Waals surface area (Å²) in [5.74, 6) is 0.134. The van der Waals surface area contributed by atoms with Crippen LogP contribution in [-0.2, 0) is 9.53 Å². The van der Waals surface area contributed by atoms with Crippen molar-refractivity contribution < 1.29 is 14.5 Å². The van der Waals surface area contributed by atoms with E-state index in [1.807, 2.05) is 36.4 Å². The first kappa shape index (κ1) is 15.0. The van der Waals surface area contributed by atoms with Gasteiger partial charge in [0.15, 0.2) is 0 Å². The molecule has 6 nitrogen and oxygen atoms in total. The van der Waals surface area contributed by atoms with Crippen LogP contribution in [0.15, 0.2) is 35.9 Å². The number of ether oxygens (including phenoxy) is 1. The molecule has 0 unspecified atom stereocenters. The Morgan fingerprint density at radius 1 is 1.35 bits per heavy atom. The van der Waals surface area contributed by atoms with E-state index in [1.54, 1.807) is 0 Å². The predicted molar refractivity (Wildman–Crippen MR) is 86.3 cm³/mol. The van der Waals surface area contributed by atoms with Gasteiger partial charge in [0.05, 0.1) is 18.8 Å². The molecule has 1 saturated heterocycles. The first-order valence-corrected chi connectivity index (χ1v) is 7.38. The summed E-state index contributed by atoms with van der Waals surface area (Å²) in [7, 11) is 0. The monoisotopic (exact) mass is 309 g/mol. The van der Waals surface area contributed by atoms with Crippen LogP contribution in [0.1, 0.15) is 5.56 Å². The third-order valence-corrected chi connectivity index (χ3v) is 3.81. The third-order valence-electron chi connectivity index (χ3n) is 3.81. The molecule has 6 heteroatoms. The number of primary amides is 1. The maximum Gasteiger partial charge on any atom is 0.282 e. The number of benzene rings is 1. The van der Waals surface area contributed by atoms with E-state index in [0.29, 0.717) is 13.2 Å². The minimum Gasteiger partial charge on any atom is -0.373 e. The summed E-state index contributed by atoms with van der Waals surface area (Å²) in [6, 6.07) is 11.7. The van der Waals surface area contributed by atoms with Gasteiger partial charge in [-0.2, -0.15) is 5.26 Å². The summed E-state index contributed by atoms with van der Waals surface area (Å²) < 4.78 is 5.39. The average molecular weight is 309 g/mol. The molecule has 3 N–H and O–H groups in total. The fourth-order valence-electron chi connectivity index (χ4n) is 2.64. The Balaban J connectivity index is 2.16. The van der Waals surface area contributed by atoms with Crippen molar-refractivity contribution in [2.45, 2.75) is 0 Å². The number of morpholine rings is 1. The second kappa shape index (κ2) is 6.46. The minimum absolute atomic E-state index is 0.0665. The highest BCUT2D eigenvalue weighted by Crippen LogP contribution is 2.23. The number of aromatic nitrogens is 1. The van der Waals surface area contributed by atoms with Crippen LogP contribution < -0.4 is 15.6 Å². The van der Waals surface area contributed by atoms with Crippen LogP contribution in [0.2, 0.25) is 0 Å². The van der Waals surface area contributed by atoms with Gasteiger partial charge in [0, 0.05) is 5.39 Å². The Bertz CT molecular complexity index is 817. The number of amides is 1. The molecule has 116 valence electrons. The van der Waals surface area contributed by atoms with Gasteiger partial charge in [-0.15, -0.1) is 0 Å². The SMILES string of the molecule is N#C/C(=C\c1cc2ccccc2[nH+]c1N1CCOCC1)C(N)=O. The van der Waals surface area contributed by atoms with Crippen LogP contribution in [0, 0.1) is 11.3 Å². The van der Waals surface area contributed by atoms with Crippen molar-refractivity contribution in [1.82, 2.24) is 0 Å². The second-order valence-corrected chi connectivity index (χ2v) is 5.29. The van der Waals surface area contributed by atoms with E-state index in [0.717, 1.165) is 35.4 Å². The average Bonchev–Trinajstić information content (AvgIpc) is 2.59. The topological polar surface area (TPSA) is 93.5 Å². The number of carbonyl (C=O) groups is 1.